The predicted molar refractivity (Wildman–Crippen MR) is 108 cm³/mol. The summed E-state index contributed by atoms with van der Waals surface area (Å²) in [5, 5.41) is 9.13. The molecule has 0 unspecified atom stereocenters. The van der Waals surface area contributed by atoms with Crippen LogP contribution in [-0.2, 0) is 23.1 Å². The lowest BCUT2D eigenvalue weighted by Crippen LogP contribution is -2.33. The molecule has 0 spiro atoms. The number of H-pyrrole nitrogens is 1. The molecule has 4 rings (SSSR count). The van der Waals surface area contributed by atoms with Crippen molar-refractivity contribution in [2.45, 2.75) is 19.0 Å². The fourth-order valence-corrected chi connectivity index (χ4v) is 4.24. The number of fused-ring (bicyclic) bond motifs is 1. The molecular weight excluding hydrogens is 354 g/mol. The summed E-state index contributed by atoms with van der Waals surface area (Å²) < 4.78 is 7.01. The van der Waals surface area contributed by atoms with E-state index in [2.05, 4.69) is 39.7 Å². The molecule has 1 aliphatic rings. The first-order valence-electron chi connectivity index (χ1n) is 9.70. The molecule has 0 saturated carbocycles. The van der Waals surface area contributed by atoms with E-state index in [0.29, 0.717) is 19.6 Å². The third-order valence-corrected chi connectivity index (χ3v) is 5.55. The van der Waals surface area contributed by atoms with E-state index in [-0.39, 0.29) is 17.9 Å². The maximum absolute atomic E-state index is 12.7. The molecule has 148 valence electrons. The van der Waals surface area contributed by atoms with Gasteiger partial charge < -0.3 is 19.9 Å². The zero-order valence-electron chi connectivity index (χ0n) is 16.4. The van der Waals surface area contributed by atoms with Gasteiger partial charge in [0.2, 0.25) is 5.91 Å². The highest BCUT2D eigenvalue weighted by Gasteiger charge is 2.40. The molecule has 2 N–H and O–H groups in total. The molecule has 0 bridgehead atoms. The van der Waals surface area contributed by atoms with Crippen molar-refractivity contribution in [1.29, 1.82) is 0 Å². The molecule has 1 aromatic carbocycles. The molecule has 1 amide bonds. The quantitative estimate of drug-likeness (QED) is 0.627. The number of likely N-dealkylation sites (tertiary alicyclic amines) is 1. The van der Waals surface area contributed by atoms with Gasteiger partial charge in [-0.05, 0) is 17.7 Å². The second kappa shape index (κ2) is 8.16. The van der Waals surface area contributed by atoms with Gasteiger partial charge in [0.25, 0.3) is 0 Å². The number of hydrogen-bond acceptors (Lipinski definition) is 4. The monoisotopic (exact) mass is 381 g/mol. The van der Waals surface area contributed by atoms with E-state index < -0.39 is 0 Å². The number of hydrogen-bond donors (Lipinski definition) is 2. The van der Waals surface area contributed by atoms with Gasteiger partial charge in [0.05, 0.1) is 18.8 Å². The van der Waals surface area contributed by atoms with Gasteiger partial charge in [-0.3, -0.25) is 9.48 Å². The van der Waals surface area contributed by atoms with Crippen LogP contribution in [0.25, 0.3) is 10.9 Å². The molecule has 0 radical (unpaired) electrons. The Morgan fingerprint density at radius 2 is 2.25 bits per heavy atom. The van der Waals surface area contributed by atoms with Gasteiger partial charge in [-0.1, -0.05) is 12.1 Å². The van der Waals surface area contributed by atoms with E-state index in [9.17, 15) is 4.79 Å². The minimum Gasteiger partial charge on any atom is -0.383 e. The molecule has 0 aliphatic carbocycles. The van der Waals surface area contributed by atoms with E-state index in [1.54, 1.807) is 11.8 Å². The molecule has 1 saturated heterocycles. The first-order valence-corrected chi connectivity index (χ1v) is 9.70. The average molecular weight is 381 g/mol. The average Bonchev–Trinajstić information content (AvgIpc) is 3.39. The number of benzene rings is 1. The maximum atomic E-state index is 12.7. The fourth-order valence-electron chi connectivity index (χ4n) is 4.24. The summed E-state index contributed by atoms with van der Waals surface area (Å²) in [7, 11) is 3.57. The second-order valence-corrected chi connectivity index (χ2v) is 7.42. The summed E-state index contributed by atoms with van der Waals surface area (Å²) in [5.74, 6) is 0.393. The Kier molecular flexibility index (Phi) is 5.45. The Labute approximate surface area is 164 Å². The van der Waals surface area contributed by atoms with Crippen molar-refractivity contribution in [3.05, 3.63) is 54.0 Å². The molecule has 3 aromatic rings. The van der Waals surface area contributed by atoms with E-state index in [4.69, 9.17) is 4.74 Å². The number of nitrogens with one attached hydrogen (secondary N) is 2. The summed E-state index contributed by atoms with van der Waals surface area (Å²) >= 11 is 0. The number of nitrogens with zero attached hydrogens (tertiary/aromatic N) is 3. The van der Waals surface area contributed by atoms with Crippen LogP contribution in [0, 0.1) is 5.92 Å². The number of amides is 1. The van der Waals surface area contributed by atoms with Gasteiger partial charge in [0.1, 0.15) is 0 Å². The van der Waals surface area contributed by atoms with Crippen molar-refractivity contribution in [1.82, 2.24) is 25.0 Å². The molecule has 1 aliphatic heterocycles. The van der Waals surface area contributed by atoms with Crippen molar-refractivity contribution in [2.75, 3.05) is 26.8 Å². The first kappa shape index (κ1) is 18.7. The van der Waals surface area contributed by atoms with Crippen molar-refractivity contribution in [2.24, 2.45) is 13.0 Å². The van der Waals surface area contributed by atoms with Crippen LogP contribution in [0.2, 0.25) is 0 Å². The number of carbonyl (C=O) groups is 1. The first-order chi connectivity index (χ1) is 13.7. The normalized spacial score (nSPS) is 19.8. The number of rotatable bonds is 8. The van der Waals surface area contributed by atoms with Crippen LogP contribution < -0.4 is 5.32 Å². The third-order valence-electron chi connectivity index (χ3n) is 5.55. The molecule has 3 heterocycles. The Hall–Kier alpha value is -2.64. The number of aryl methyl sites for hydroxylation is 1. The van der Waals surface area contributed by atoms with E-state index >= 15 is 0 Å². The van der Waals surface area contributed by atoms with E-state index in [0.717, 1.165) is 24.2 Å². The van der Waals surface area contributed by atoms with Crippen LogP contribution >= 0.6 is 0 Å². The lowest BCUT2D eigenvalue weighted by Gasteiger charge is -2.27. The van der Waals surface area contributed by atoms with Crippen LogP contribution in [0.5, 0.6) is 0 Å². The smallest absolute Gasteiger partial charge is 0.223 e. The zero-order valence-corrected chi connectivity index (χ0v) is 16.4. The lowest BCUT2D eigenvalue weighted by atomic mass is 9.95. The Bertz CT molecular complexity index is 947. The number of ether oxygens (including phenoxy) is 1. The highest BCUT2D eigenvalue weighted by Crippen LogP contribution is 2.37. The Balaban J connectivity index is 1.47. The van der Waals surface area contributed by atoms with Gasteiger partial charge in [-0.15, -0.1) is 0 Å². The summed E-state index contributed by atoms with van der Waals surface area (Å²) in [5.41, 5.74) is 3.50. The van der Waals surface area contributed by atoms with Gasteiger partial charge in [0, 0.05) is 75.0 Å². The molecule has 28 heavy (non-hydrogen) atoms. The number of aromatic nitrogens is 3. The van der Waals surface area contributed by atoms with Crippen molar-refractivity contribution in [3.63, 3.8) is 0 Å². The minimum atomic E-state index is 0.0342. The van der Waals surface area contributed by atoms with Crippen molar-refractivity contribution >= 4 is 16.8 Å². The zero-order chi connectivity index (χ0) is 19.5. The summed E-state index contributed by atoms with van der Waals surface area (Å²) in [4.78, 5) is 17.9. The SMILES string of the molecule is COCCN1C(=O)C[C@@H](CNCc2cccc3[nH]ccc23)[C@@H]1c1cnn(C)c1. The Morgan fingerprint density at radius 1 is 1.36 bits per heavy atom. The molecule has 1 fully saturated rings. The second-order valence-electron chi connectivity index (χ2n) is 7.42. The number of methoxy groups -OCH3 is 1. The van der Waals surface area contributed by atoms with Crippen LogP contribution in [0.1, 0.15) is 23.6 Å². The van der Waals surface area contributed by atoms with Gasteiger partial charge >= 0.3 is 0 Å². The molecular formula is C21H27N5O2. The standard InChI is InChI=1S/C21H27N5O2/c1-25-14-17(13-24-25)21-16(10-20(27)26(21)8-9-28-2)12-22-11-15-4-3-5-19-18(15)6-7-23-19/h3-7,13-14,16,21-23H,8-12H2,1-2H3/t16-,21+/m0/s1. The highest BCUT2D eigenvalue weighted by atomic mass is 16.5. The summed E-state index contributed by atoms with van der Waals surface area (Å²) in [6, 6.07) is 8.44. The number of aromatic amines is 1. The highest BCUT2D eigenvalue weighted by molar-refractivity contribution is 5.82. The molecule has 2 atom stereocenters. The Morgan fingerprint density at radius 3 is 3.04 bits per heavy atom. The predicted octanol–water partition coefficient (Wildman–Crippen LogP) is 2.23. The van der Waals surface area contributed by atoms with E-state index in [1.165, 1.54) is 10.9 Å². The van der Waals surface area contributed by atoms with Gasteiger partial charge in [-0.2, -0.15) is 5.10 Å². The molecule has 7 nitrogen and oxygen atoms in total. The minimum absolute atomic E-state index is 0.0342. The van der Waals surface area contributed by atoms with Crippen LogP contribution in [-0.4, -0.2) is 52.4 Å². The van der Waals surface area contributed by atoms with Crippen LogP contribution in [0.4, 0.5) is 0 Å². The number of carbonyl (C=O) groups excluding carboxylic acids is 1. The van der Waals surface area contributed by atoms with Crippen molar-refractivity contribution in [3.8, 4) is 0 Å². The van der Waals surface area contributed by atoms with Crippen molar-refractivity contribution < 1.29 is 9.53 Å². The van der Waals surface area contributed by atoms with E-state index in [1.807, 2.05) is 30.5 Å². The lowest BCUT2D eigenvalue weighted by molar-refractivity contribution is -0.129. The topological polar surface area (TPSA) is 75.2 Å². The fraction of sp³-hybridized carbons (Fsp3) is 0.429. The third kappa shape index (κ3) is 3.68. The molecule has 2 aromatic heterocycles. The summed E-state index contributed by atoms with van der Waals surface area (Å²) in [6.07, 6.45) is 6.40. The maximum Gasteiger partial charge on any atom is 0.223 e. The largest absolute Gasteiger partial charge is 0.383 e. The van der Waals surface area contributed by atoms with Gasteiger partial charge in [0.15, 0.2) is 0 Å². The van der Waals surface area contributed by atoms with Crippen LogP contribution in [0.15, 0.2) is 42.9 Å². The van der Waals surface area contributed by atoms with Crippen LogP contribution in [0.3, 0.4) is 0 Å². The van der Waals surface area contributed by atoms with Gasteiger partial charge in [-0.25, -0.2) is 0 Å². The molecule has 7 heteroatoms. The summed E-state index contributed by atoms with van der Waals surface area (Å²) in [6.45, 7) is 2.69.